The number of carbonyl (C=O) groups is 1. The number of amides is 1. The largest absolute Gasteiger partial charge is 0.444 e. The first-order chi connectivity index (χ1) is 8.06. The number of anilines is 1. The van der Waals surface area contributed by atoms with Gasteiger partial charge in [-0.1, -0.05) is 25.2 Å². The molecule has 0 spiro atoms. The lowest BCUT2D eigenvalue weighted by molar-refractivity contribution is 0.0995. The van der Waals surface area contributed by atoms with Crippen LogP contribution in [0.25, 0.3) is 0 Å². The Morgan fingerprint density at radius 1 is 1.47 bits per heavy atom. The number of aromatic nitrogens is 2. The molecule has 2 rings (SSSR count). The smallest absolute Gasteiger partial charge is 0.293 e. The van der Waals surface area contributed by atoms with E-state index in [2.05, 4.69) is 31.4 Å². The van der Waals surface area contributed by atoms with Gasteiger partial charge in [0.1, 0.15) is 5.01 Å². The van der Waals surface area contributed by atoms with E-state index in [1.54, 1.807) is 12.1 Å². The predicted octanol–water partition coefficient (Wildman–Crippen LogP) is 3.27. The first-order valence-corrected chi connectivity index (χ1v) is 6.57. The fourth-order valence-corrected chi connectivity index (χ4v) is 2.16. The van der Waals surface area contributed by atoms with Crippen LogP contribution in [0.1, 0.15) is 35.3 Å². The van der Waals surface area contributed by atoms with Gasteiger partial charge in [-0.15, -0.1) is 10.2 Å². The Morgan fingerprint density at radius 3 is 2.76 bits per heavy atom. The van der Waals surface area contributed by atoms with Crippen molar-refractivity contribution in [1.29, 1.82) is 0 Å². The molecule has 0 aliphatic heterocycles. The lowest BCUT2D eigenvalue weighted by atomic mass is 10.2. The Hall–Kier alpha value is -1.21. The third-order valence-electron chi connectivity index (χ3n) is 1.95. The zero-order chi connectivity index (χ0) is 12.4. The highest BCUT2D eigenvalue weighted by atomic mass is 79.9. The maximum atomic E-state index is 11.7. The molecule has 2 aromatic rings. The van der Waals surface area contributed by atoms with Crippen molar-refractivity contribution in [2.24, 2.45) is 0 Å². The number of hydrogen-bond acceptors (Lipinski definition) is 5. The van der Waals surface area contributed by atoms with E-state index in [1.165, 1.54) is 11.3 Å². The lowest BCUT2D eigenvalue weighted by Crippen LogP contribution is -2.10. The number of carbonyl (C=O) groups excluding carboxylic acids is 1. The van der Waals surface area contributed by atoms with Crippen LogP contribution in [-0.2, 0) is 0 Å². The first-order valence-electron chi connectivity index (χ1n) is 4.96. The summed E-state index contributed by atoms with van der Waals surface area (Å²) in [5, 5.41) is 11.9. The third kappa shape index (κ3) is 2.92. The molecule has 0 atom stereocenters. The lowest BCUT2D eigenvalue weighted by Gasteiger charge is -1.96. The van der Waals surface area contributed by atoms with Crippen LogP contribution in [0.15, 0.2) is 21.2 Å². The molecule has 17 heavy (non-hydrogen) atoms. The average molecular weight is 316 g/mol. The molecule has 0 saturated heterocycles. The Morgan fingerprint density at radius 2 is 2.24 bits per heavy atom. The highest BCUT2D eigenvalue weighted by molar-refractivity contribution is 9.10. The highest BCUT2D eigenvalue weighted by Crippen LogP contribution is 2.23. The summed E-state index contributed by atoms with van der Waals surface area (Å²) in [6.07, 6.45) is 0. The Kier molecular flexibility index (Phi) is 3.58. The van der Waals surface area contributed by atoms with E-state index in [-0.39, 0.29) is 11.7 Å². The zero-order valence-corrected chi connectivity index (χ0v) is 11.6. The number of furan rings is 1. The predicted molar refractivity (Wildman–Crippen MR) is 68.4 cm³/mol. The number of hydrogen-bond donors (Lipinski definition) is 1. The monoisotopic (exact) mass is 315 g/mol. The topological polar surface area (TPSA) is 68.0 Å². The Labute approximate surface area is 110 Å². The quantitative estimate of drug-likeness (QED) is 0.943. The van der Waals surface area contributed by atoms with Gasteiger partial charge in [0.25, 0.3) is 5.91 Å². The molecule has 1 N–H and O–H groups in total. The van der Waals surface area contributed by atoms with Crippen molar-refractivity contribution in [1.82, 2.24) is 10.2 Å². The standard InChI is InChI=1S/C10H10BrN3O2S/c1-5(2)9-13-14-10(17-9)12-8(15)6-3-4-7(11)16-6/h3-5H,1-2H3,(H,12,14,15). The van der Waals surface area contributed by atoms with Gasteiger partial charge in [0.2, 0.25) is 5.13 Å². The van der Waals surface area contributed by atoms with Crippen molar-refractivity contribution < 1.29 is 9.21 Å². The Bertz CT molecular complexity index is 535. The molecule has 0 radical (unpaired) electrons. The van der Waals surface area contributed by atoms with Gasteiger partial charge >= 0.3 is 0 Å². The molecule has 2 aromatic heterocycles. The van der Waals surface area contributed by atoms with Crippen molar-refractivity contribution in [3.05, 3.63) is 27.6 Å². The van der Waals surface area contributed by atoms with Gasteiger partial charge in [0.15, 0.2) is 10.4 Å². The molecular formula is C10H10BrN3O2S. The molecule has 90 valence electrons. The number of halogens is 1. The van der Waals surface area contributed by atoms with Gasteiger partial charge in [0.05, 0.1) is 0 Å². The molecule has 1 amide bonds. The number of nitrogens with one attached hydrogen (secondary N) is 1. The van der Waals surface area contributed by atoms with Crippen LogP contribution in [0.5, 0.6) is 0 Å². The van der Waals surface area contributed by atoms with Gasteiger partial charge in [-0.25, -0.2) is 0 Å². The molecule has 0 aliphatic carbocycles. The number of rotatable bonds is 3. The fraction of sp³-hybridized carbons (Fsp3) is 0.300. The van der Waals surface area contributed by atoms with E-state index in [9.17, 15) is 4.79 Å². The van der Waals surface area contributed by atoms with Crippen LogP contribution in [0.3, 0.4) is 0 Å². The summed E-state index contributed by atoms with van der Waals surface area (Å²) >= 11 is 4.50. The second-order valence-corrected chi connectivity index (χ2v) is 5.45. The van der Waals surface area contributed by atoms with E-state index in [4.69, 9.17) is 4.42 Å². The van der Waals surface area contributed by atoms with E-state index in [0.29, 0.717) is 15.7 Å². The van der Waals surface area contributed by atoms with Crippen molar-refractivity contribution >= 4 is 38.3 Å². The van der Waals surface area contributed by atoms with Gasteiger partial charge in [-0.3, -0.25) is 10.1 Å². The summed E-state index contributed by atoms with van der Waals surface area (Å²) in [4.78, 5) is 11.7. The van der Waals surface area contributed by atoms with Gasteiger partial charge in [-0.05, 0) is 28.1 Å². The third-order valence-corrected chi connectivity index (χ3v) is 3.52. The SMILES string of the molecule is CC(C)c1nnc(NC(=O)c2ccc(Br)o2)s1. The van der Waals surface area contributed by atoms with Crippen molar-refractivity contribution in [2.45, 2.75) is 19.8 Å². The van der Waals surface area contributed by atoms with Crippen LogP contribution in [0, 0.1) is 0 Å². The maximum Gasteiger partial charge on any atom is 0.293 e. The van der Waals surface area contributed by atoms with Gasteiger partial charge in [-0.2, -0.15) is 0 Å². The van der Waals surface area contributed by atoms with Gasteiger partial charge < -0.3 is 4.42 Å². The van der Waals surface area contributed by atoms with Crippen molar-refractivity contribution in [2.75, 3.05) is 5.32 Å². The molecule has 0 bridgehead atoms. The summed E-state index contributed by atoms with van der Waals surface area (Å²) in [7, 11) is 0. The molecule has 7 heteroatoms. The molecule has 2 heterocycles. The first kappa shape index (κ1) is 12.3. The van der Waals surface area contributed by atoms with Crippen LogP contribution in [0.2, 0.25) is 0 Å². The molecule has 5 nitrogen and oxygen atoms in total. The van der Waals surface area contributed by atoms with Gasteiger partial charge in [0, 0.05) is 5.92 Å². The minimum atomic E-state index is -0.331. The summed E-state index contributed by atoms with van der Waals surface area (Å²) in [5.74, 6) is 0.205. The van der Waals surface area contributed by atoms with Crippen LogP contribution in [0.4, 0.5) is 5.13 Å². The average Bonchev–Trinajstić information content (AvgIpc) is 2.86. The molecule has 0 saturated carbocycles. The van der Waals surface area contributed by atoms with E-state index in [0.717, 1.165) is 5.01 Å². The molecule has 0 aromatic carbocycles. The molecular weight excluding hydrogens is 306 g/mol. The minimum absolute atomic E-state index is 0.234. The van der Waals surface area contributed by atoms with E-state index >= 15 is 0 Å². The number of nitrogens with zero attached hydrogens (tertiary/aromatic N) is 2. The summed E-state index contributed by atoms with van der Waals surface area (Å²) < 4.78 is 5.65. The second-order valence-electron chi connectivity index (χ2n) is 3.66. The summed E-state index contributed by atoms with van der Waals surface area (Å²) in [6.45, 7) is 4.05. The summed E-state index contributed by atoms with van der Waals surface area (Å²) in [5.41, 5.74) is 0. The fourth-order valence-electron chi connectivity index (χ4n) is 1.11. The van der Waals surface area contributed by atoms with E-state index < -0.39 is 0 Å². The zero-order valence-electron chi connectivity index (χ0n) is 9.23. The van der Waals surface area contributed by atoms with Crippen LogP contribution in [-0.4, -0.2) is 16.1 Å². The van der Waals surface area contributed by atoms with E-state index in [1.807, 2.05) is 13.8 Å². The van der Waals surface area contributed by atoms with Crippen molar-refractivity contribution in [3.63, 3.8) is 0 Å². The minimum Gasteiger partial charge on any atom is -0.444 e. The molecule has 0 unspecified atom stereocenters. The highest BCUT2D eigenvalue weighted by Gasteiger charge is 2.14. The van der Waals surface area contributed by atoms with Crippen molar-refractivity contribution in [3.8, 4) is 0 Å². The Balaban J connectivity index is 2.07. The summed E-state index contributed by atoms with van der Waals surface area (Å²) in [6, 6.07) is 3.25. The normalized spacial score (nSPS) is 10.8. The second kappa shape index (κ2) is 4.97. The molecule has 0 fully saturated rings. The van der Waals surface area contributed by atoms with Crippen LogP contribution < -0.4 is 5.32 Å². The van der Waals surface area contributed by atoms with Crippen LogP contribution >= 0.6 is 27.3 Å². The molecule has 0 aliphatic rings. The maximum absolute atomic E-state index is 11.7.